The number of hydrogen-bond acceptors (Lipinski definition) is 3. The van der Waals surface area contributed by atoms with Crippen LogP contribution in [0.1, 0.15) is 53.7 Å². The lowest BCUT2D eigenvalue weighted by Gasteiger charge is -2.21. The molecule has 2 amide bonds. The zero-order valence-electron chi connectivity index (χ0n) is 13.8. The fraction of sp³-hybridized carbons (Fsp3) is 0.647. The summed E-state index contributed by atoms with van der Waals surface area (Å²) in [5, 5.41) is 2.99. The quantitative estimate of drug-likeness (QED) is 0.875. The number of carbonyl (C=O) groups is 2. The van der Waals surface area contributed by atoms with Gasteiger partial charge in [-0.1, -0.05) is 6.92 Å². The fourth-order valence-electron chi connectivity index (χ4n) is 2.91. The van der Waals surface area contributed by atoms with E-state index in [-0.39, 0.29) is 17.7 Å². The first kappa shape index (κ1) is 17.0. The third kappa shape index (κ3) is 3.69. The first-order chi connectivity index (χ1) is 10.6. The summed E-state index contributed by atoms with van der Waals surface area (Å²) in [6.07, 6.45) is 3.54. The van der Waals surface area contributed by atoms with E-state index in [1.807, 2.05) is 24.8 Å². The number of amides is 2. The average molecular weight is 322 g/mol. The van der Waals surface area contributed by atoms with Gasteiger partial charge in [0.15, 0.2) is 0 Å². The van der Waals surface area contributed by atoms with Crippen LogP contribution >= 0.6 is 11.3 Å². The van der Waals surface area contributed by atoms with Gasteiger partial charge >= 0.3 is 0 Å². The highest BCUT2D eigenvalue weighted by Crippen LogP contribution is 2.33. The molecule has 122 valence electrons. The van der Waals surface area contributed by atoms with Crippen molar-refractivity contribution in [2.45, 2.75) is 46.5 Å². The summed E-state index contributed by atoms with van der Waals surface area (Å²) in [6.45, 7) is 8.28. The Balaban J connectivity index is 2.07. The van der Waals surface area contributed by atoms with Crippen LogP contribution in [0.2, 0.25) is 0 Å². The van der Waals surface area contributed by atoms with Crippen molar-refractivity contribution in [3.8, 4) is 0 Å². The van der Waals surface area contributed by atoms with Gasteiger partial charge < -0.3 is 10.2 Å². The average Bonchev–Trinajstić information content (AvgIpc) is 2.96. The molecule has 1 aromatic rings. The molecular formula is C17H26N2O2S. The lowest BCUT2D eigenvalue weighted by Crippen LogP contribution is -2.34. The second-order valence-electron chi connectivity index (χ2n) is 5.77. The lowest BCUT2D eigenvalue weighted by molar-refractivity contribution is -0.125. The molecule has 1 atom stereocenters. The van der Waals surface area contributed by atoms with Crippen molar-refractivity contribution < 1.29 is 9.59 Å². The summed E-state index contributed by atoms with van der Waals surface area (Å²) in [6, 6.07) is 2.01. The minimum Gasteiger partial charge on any atom is -0.356 e. The molecule has 1 aliphatic carbocycles. The summed E-state index contributed by atoms with van der Waals surface area (Å²) in [5.74, 6) is 0.344. The van der Waals surface area contributed by atoms with Crippen molar-refractivity contribution >= 4 is 23.2 Å². The predicted octanol–water partition coefficient (Wildman–Crippen LogP) is 2.86. The van der Waals surface area contributed by atoms with Gasteiger partial charge in [0.25, 0.3) is 5.91 Å². The van der Waals surface area contributed by atoms with Crippen LogP contribution in [-0.2, 0) is 17.6 Å². The predicted molar refractivity (Wildman–Crippen MR) is 90.4 cm³/mol. The number of thiophene rings is 1. The molecule has 0 radical (unpaired) electrons. The van der Waals surface area contributed by atoms with E-state index in [9.17, 15) is 9.59 Å². The van der Waals surface area contributed by atoms with Gasteiger partial charge in [0.1, 0.15) is 0 Å². The normalized spacial score (nSPS) is 17.0. The van der Waals surface area contributed by atoms with Gasteiger partial charge in [0, 0.05) is 30.4 Å². The first-order valence-corrected chi connectivity index (χ1v) is 9.10. The Labute approximate surface area is 136 Å². The molecule has 0 unspecified atom stereocenters. The highest BCUT2D eigenvalue weighted by Gasteiger charge is 2.27. The van der Waals surface area contributed by atoms with Gasteiger partial charge in [-0.05, 0) is 51.2 Å². The van der Waals surface area contributed by atoms with E-state index < -0.39 is 0 Å². The maximum Gasteiger partial charge on any atom is 0.263 e. The van der Waals surface area contributed by atoms with E-state index in [2.05, 4.69) is 12.2 Å². The Bertz CT molecular complexity index is 535. The Morgan fingerprint density at radius 1 is 1.32 bits per heavy atom. The van der Waals surface area contributed by atoms with Crippen molar-refractivity contribution in [1.82, 2.24) is 10.2 Å². The van der Waals surface area contributed by atoms with Gasteiger partial charge in [0.05, 0.1) is 4.88 Å². The Morgan fingerprint density at radius 3 is 2.68 bits per heavy atom. The number of nitrogens with one attached hydrogen (secondary N) is 1. The van der Waals surface area contributed by atoms with Gasteiger partial charge in [-0.15, -0.1) is 11.3 Å². The molecule has 2 rings (SSSR count). The minimum atomic E-state index is 0.0602. The van der Waals surface area contributed by atoms with Crippen LogP contribution < -0.4 is 5.32 Å². The van der Waals surface area contributed by atoms with Crippen LogP contribution in [0.15, 0.2) is 6.07 Å². The maximum absolute atomic E-state index is 12.4. The molecule has 5 heteroatoms. The molecule has 0 spiro atoms. The standard InChI is InChI=1S/C17H26N2O2S/c1-4-9-18-16(20)12-7-8-14-13(10-12)11-15(22-14)17(21)19(5-2)6-3/h11-12H,4-10H2,1-3H3,(H,18,20)/t12-/m0/s1. The zero-order chi connectivity index (χ0) is 16.1. The highest BCUT2D eigenvalue weighted by molar-refractivity contribution is 7.14. The number of aryl methyl sites for hydroxylation is 1. The summed E-state index contributed by atoms with van der Waals surface area (Å²) >= 11 is 1.61. The molecule has 0 saturated heterocycles. The van der Waals surface area contributed by atoms with Gasteiger partial charge in [-0.2, -0.15) is 0 Å². The van der Waals surface area contributed by atoms with Gasteiger partial charge in [-0.25, -0.2) is 0 Å². The lowest BCUT2D eigenvalue weighted by atomic mass is 9.87. The monoisotopic (exact) mass is 322 g/mol. The molecule has 0 bridgehead atoms. The molecule has 1 N–H and O–H groups in total. The van der Waals surface area contributed by atoms with Crippen molar-refractivity contribution in [1.29, 1.82) is 0 Å². The van der Waals surface area contributed by atoms with Crippen LogP contribution in [0.3, 0.4) is 0 Å². The SMILES string of the molecule is CCCNC(=O)[C@H]1CCc2sc(C(=O)N(CC)CC)cc2C1. The summed E-state index contributed by atoms with van der Waals surface area (Å²) in [4.78, 5) is 28.5. The molecule has 4 nitrogen and oxygen atoms in total. The number of rotatable bonds is 6. The molecule has 0 saturated carbocycles. The summed E-state index contributed by atoms with van der Waals surface area (Å²) in [5.41, 5.74) is 1.20. The maximum atomic E-state index is 12.4. The van der Waals surface area contributed by atoms with E-state index in [4.69, 9.17) is 0 Å². The number of carbonyl (C=O) groups excluding carboxylic acids is 2. The minimum absolute atomic E-state index is 0.0602. The molecule has 0 fully saturated rings. The number of hydrogen-bond donors (Lipinski definition) is 1. The van der Waals surface area contributed by atoms with Crippen molar-refractivity contribution in [2.75, 3.05) is 19.6 Å². The van der Waals surface area contributed by atoms with Gasteiger partial charge in [-0.3, -0.25) is 9.59 Å². The molecular weight excluding hydrogens is 296 g/mol. The molecule has 0 aliphatic heterocycles. The van der Waals surface area contributed by atoms with E-state index in [1.165, 1.54) is 10.4 Å². The number of fused-ring (bicyclic) bond motifs is 1. The van der Waals surface area contributed by atoms with Crippen molar-refractivity contribution in [3.63, 3.8) is 0 Å². The third-order valence-electron chi connectivity index (χ3n) is 4.26. The van der Waals surface area contributed by atoms with Crippen molar-refractivity contribution in [3.05, 3.63) is 21.4 Å². The van der Waals surface area contributed by atoms with E-state index in [0.717, 1.165) is 50.2 Å². The Hall–Kier alpha value is -1.36. The molecule has 1 heterocycles. The van der Waals surface area contributed by atoms with E-state index in [0.29, 0.717) is 0 Å². The largest absolute Gasteiger partial charge is 0.356 e. The van der Waals surface area contributed by atoms with Crippen LogP contribution in [0.25, 0.3) is 0 Å². The molecule has 22 heavy (non-hydrogen) atoms. The zero-order valence-corrected chi connectivity index (χ0v) is 14.6. The Morgan fingerprint density at radius 2 is 2.05 bits per heavy atom. The Kier molecular flexibility index (Phi) is 6.00. The van der Waals surface area contributed by atoms with E-state index in [1.54, 1.807) is 11.3 Å². The van der Waals surface area contributed by atoms with E-state index >= 15 is 0 Å². The second kappa shape index (κ2) is 7.77. The summed E-state index contributed by atoms with van der Waals surface area (Å²) < 4.78 is 0. The van der Waals surface area contributed by atoms with Crippen molar-refractivity contribution in [2.24, 2.45) is 5.92 Å². The van der Waals surface area contributed by atoms with Gasteiger partial charge in [0.2, 0.25) is 5.91 Å². The summed E-state index contributed by atoms with van der Waals surface area (Å²) in [7, 11) is 0. The molecule has 1 aromatic heterocycles. The van der Waals surface area contributed by atoms with Crippen LogP contribution in [0, 0.1) is 5.92 Å². The topological polar surface area (TPSA) is 49.4 Å². The molecule has 1 aliphatic rings. The van der Waals surface area contributed by atoms with Crippen LogP contribution in [-0.4, -0.2) is 36.3 Å². The molecule has 0 aromatic carbocycles. The first-order valence-electron chi connectivity index (χ1n) is 8.29. The fourth-order valence-corrected chi connectivity index (χ4v) is 4.09. The number of nitrogens with zero attached hydrogens (tertiary/aromatic N) is 1. The third-order valence-corrected chi connectivity index (χ3v) is 5.49. The smallest absolute Gasteiger partial charge is 0.263 e. The van der Waals surface area contributed by atoms with Crippen LogP contribution in [0.5, 0.6) is 0 Å². The van der Waals surface area contributed by atoms with Crippen LogP contribution in [0.4, 0.5) is 0 Å². The second-order valence-corrected chi connectivity index (χ2v) is 6.90. The highest BCUT2D eigenvalue weighted by atomic mass is 32.1.